The third-order valence-corrected chi connectivity index (χ3v) is 3.60. The fraction of sp³-hybridized carbons (Fsp3) is 0.375. The molecule has 1 aromatic heterocycles. The lowest BCUT2D eigenvalue weighted by Crippen LogP contribution is -2.36. The number of nitrogens with one attached hydrogen (secondary N) is 1. The molecule has 0 saturated heterocycles. The van der Waals surface area contributed by atoms with Crippen molar-refractivity contribution in [3.63, 3.8) is 0 Å². The van der Waals surface area contributed by atoms with Gasteiger partial charge in [-0.15, -0.1) is 0 Å². The lowest BCUT2D eigenvalue weighted by Gasteiger charge is -2.15. The van der Waals surface area contributed by atoms with Gasteiger partial charge in [-0.1, -0.05) is 13.3 Å². The summed E-state index contributed by atoms with van der Waals surface area (Å²) in [5.41, 5.74) is 0.926. The van der Waals surface area contributed by atoms with Gasteiger partial charge in [0.25, 0.3) is 0 Å². The molecule has 2 aromatic rings. The van der Waals surface area contributed by atoms with E-state index in [4.69, 9.17) is 9.52 Å². The number of fused-ring (bicyclic) bond motifs is 1. The van der Waals surface area contributed by atoms with Gasteiger partial charge in [0.1, 0.15) is 17.4 Å². The lowest BCUT2D eigenvalue weighted by molar-refractivity contribution is -0.139. The third-order valence-electron chi connectivity index (χ3n) is 3.60. The summed E-state index contributed by atoms with van der Waals surface area (Å²) in [6.07, 6.45) is 1.20. The van der Waals surface area contributed by atoms with Crippen LogP contribution in [0.4, 0.5) is 0 Å². The Bertz CT molecular complexity index is 750. The van der Waals surface area contributed by atoms with E-state index >= 15 is 0 Å². The number of phenols is 1. The maximum Gasteiger partial charge on any atom is 0.336 e. The van der Waals surface area contributed by atoms with Crippen molar-refractivity contribution in [1.82, 2.24) is 5.32 Å². The number of hydrogen-bond acceptors (Lipinski definition) is 5. The number of hydrogen-bond donors (Lipinski definition) is 3. The summed E-state index contributed by atoms with van der Waals surface area (Å²) < 4.78 is 5.20. The Balaban J connectivity index is 2.40. The largest absolute Gasteiger partial charge is 0.507 e. The van der Waals surface area contributed by atoms with Crippen molar-refractivity contribution < 1.29 is 19.4 Å². The maximum absolute atomic E-state index is 11.6. The average molecular weight is 305 g/mol. The molecule has 22 heavy (non-hydrogen) atoms. The predicted octanol–water partition coefficient (Wildman–Crippen LogP) is 2.15. The van der Waals surface area contributed by atoms with E-state index in [-0.39, 0.29) is 17.9 Å². The van der Waals surface area contributed by atoms with Crippen LogP contribution in [0.1, 0.15) is 30.9 Å². The minimum atomic E-state index is -0.945. The second kappa shape index (κ2) is 6.62. The summed E-state index contributed by atoms with van der Waals surface area (Å²) in [7, 11) is 0. The Morgan fingerprint density at radius 3 is 2.77 bits per heavy atom. The Morgan fingerprint density at radius 1 is 1.41 bits per heavy atom. The van der Waals surface area contributed by atoms with E-state index in [0.717, 1.165) is 17.4 Å². The quantitative estimate of drug-likeness (QED) is 0.707. The van der Waals surface area contributed by atoms with Crippen molar-refractivity contribution in [2.24, 2.45) is 0 Å². The van der Waals surface area contributed by atoms with Crippen LogP contribution in [0.25, 0.3) is 11.0 Å². The Kier molecular flexibility index (Phi) is 4.82. The van der Waals surface area contributed by atoms with Gasteiger partial charge in [-0.3, -0.25) is 4.79 Å². The summed E-state index contributed by atoms with van der Waals surface area (Å²) in [4.78, 5) is 22.7. The van der Waals surface area contributed by atoms with E-state index in [0.29, 0.717) is 12.0 Å². The van der Waals surface area contributed by atoms with Gasteiger partial charge in [0.05, 0.1) is 5.56 Å². The number of rotatable bonds is 6. The first-order chi connectivity index (χ1) is 10.4. The number of carbonyl (C=O) groups is 1. The first-order valence-electron chi connectivity index (χ1n) is 7.15. The van der Waals surface area contributed by atoms with Crippen LogP contribution in [0.2, 0.25) is 0 Å². The molecular formula is C16H19NO5. The molecule has 6 heteroatoms. The van der Waals surface area contributed by atoms with Gasteiger partial charge >= 0.3 is 11.6 Å². The zero-order chi connectivity index (χ0) is 16.3. The summed E-state index contributed by atoms with van der Waals surface area (Å²) in [6.45, 7) is 3.78. The first-order valence-corrected chi connectivity index (χ1v) is 7.15. The molecule has 0 fully saturated rings. The molecule has 0 aliphatic carbocycles. The normalized spacial score (nSPS) is 12.5. The molecular weight excluding hydrogens is 286 g/mol. The minimum Gasteiger partial charge on any atom is -0.507 e. The average Bonchev–Trinajstić information content (AvgIpc) is 2.44. The fourth-order valence-corrected chi connectivity index (χ4v) is 2.43. The molecule has 6 nitrogen and oxygen atoms in total. The molecule has 0 unspecified atom stereocenters. The monoisotopic (exact) mass is 305 g/mol. The second-order valence-electron chi connectivity index (χ2n) is 5.25. The van der Waals surface area contributed by atoms with Crippen LogP contribution in [0.5, 0.6) is 5.75 Å². The highest BCUT2D eigenvalue weighted by Crippen LogP contribution is 2.28. The van der Waals surface area contributed by atoms with Crippen LogP contribution in [0, 0.1) is 6.92 Å². The van der Waals surface area contributed by atoms with Crippen molar-refractivity contribution in [2.75, 3.05) is 0 Å². The zero-order valence-corrected chi connectivity index (χ0v) is 12.5. The van der Waals surface area contributed by atoms with E-state index in [2.05, 4.69) is 5.32 Å². The van der Waals surface area contributed by atoms with Gasteiger partial charge in [0.2, 0.25) is 0 Å². The SMILES string of the molecule is CCC[C@H](NCc1c(O)ccc2c(C)cc(=O)oc12)C(=O)O. The van der Waals surface area contributed by atoms with E-state index in [9.17, 15) is 14.7 Å². The van der Waals surface area contributed by atoms with E-state index in [1.54, 1.807) is 13.0 Å². The van der Waals surface area contributed by atoms with Crippen molar-refractivity contribution >= 4 is 16.9 Å². The summed E-state index contributed by atoms with van der Waals surface area (Å²) in [5.74, 6) is -0.978. The van der Waals surface area contributed by atoms with Gasteiger partial charge < -0.3 is 19.9 Å². The smallest absolute Gasteiger partial charge is 0.336 e. The molecule has 1 atom stereocenters. The van der Waals surface area contributed by atoms with E-state index in [1.807, 2.05) is 6.92 Å². The van der Waals surface area contributed by atoms with Gasteiger partial charge in [0.15, 0.2) is 0 Å². The second-order valence-corrected chi connectivity index (χ2v) is 5.25. The number of aliphatic carboxylic acids is 1. The van der Waals surface area contributed by atoms with Crippen LogP contribution in [0.15, 0.2) is 27.4 Å². The Labute approximate surface area is 127 Å². The highest BCUT2D eigenvalue weighted by atomic mass is 16.4. The molecule has 118 valence electrons. The number of aromatic hydroxyl groups is 1. The molecule has 2 rings (SSSR count). The molecule has 1 heterocycles. The highest BCUT2D eigenvalue weighted by molar-refractivity contribution is 5.85. The summed E-state index contributed by atoms with van der Waals surface area (Å²) in [5, 5.41) is 22.8. The van der Waals surface area contributed by atoms with Crippen molar-refractivity contribution in [3.05, 3.63) is 39.7 Å². The van der Waals surface area contributed by atoms with Gasteiger partial charge in [-0.2, -0.15) is 0 Å². The third kappa shape index (κ3) is 3.28. The number of phenolic OH excluding ortho intramolecular Hbond substituents is 1. The van der Waals surface area contributed by atoms with Crippen LogP contribution >= 0.6 is 0 Å². The first kappa shape index (κ1) is 16.0. The molecule has 0 radical (unpaired) electrons. The fourth-order valence-electron chi connectivity index (χ4n) is 2.43. The molecule has 0 aliphatic rings. The van der Waals surface area contributed by atoms with Crippen molar-refractivity contribution in [3.8, 4) is 5.75 Å². The molecule has 0 aliphatic heterocycles. The maximum atomic E-state index is 11.6. The molecule has 0 spiro atoms. The van der Waals surface area contributed by atoms with Crippen LogP contribution in [0.3, 0.4) is 0 Å². The Hall–Kier alpha value is -2.34. The van der Waals surface area contributed by atoms with Gasteiger partial charge in [-0.25, -0.2) is 4.79 Å². The van der Waals surface area contributed by atoms with Crippen LogP contribution in [-0.2, 0) is 11.3 Å². The number of benzene rings is 1. The molecule has 1 aromatic carbocycles. The summed E-state index contributed by atoms with van der Waals surface area (Å²) >= 11 is 0. The standard InChI is InChI=1S/C16H19NO5/c1-3-4-12(16(20)21)17-8-11-13(18)6-5-10-9(2)7-14(19)22-15(10)11/h5-7,12,17-18H,3-4,8H2,1-2H3,(H,20,21)/t12-/m0/s1. The van der Waals surface area contributed by atoms with E-state index < -0.39 is 17.6 Å². The number of aryl methyl sites for hydroxylation is 1. The molecule has 0 amide bonds. The van der Waals surface area contributed by atoms with Crippen LogP contribution < -0.4 is 10.9 Å². The van der Waals surface area contributed by atoms with Crippen molar-refractivity contribution in [2.45, 2.75) is 39.3 Å². The molecule has 0 bridgehead atoms. The highest BCUT2D eigenvalue weighted by Gasteiger charge is 2.18. The molecule has 0 saturated carbocycles. The summed E-state index contributed by atoms with van der Waals surface area (Å²) in [6, 6.07) is 3.86. The Morgan fingerprint density at radius 2 is 2.14 bits per heavy atom. The zero-order valence-electron chi connectivity index (χ0n) is 12.5. The minimum absolute atomic E-state index is 0.0330. The van der Waals surface area contributed by atoms with Gasteiger partial charge in [-0.05, 0) is 31.0 Å². The van der Waals surface area contributed by atoms with Crippen LogP contribution in [-0.4, -0.2) is 22.2 Å². The lowest BCUT2D eigenvalue weighted by atomic mass is 10.1. The van der Waals surface area contributed by atoms with Crippen molar-refractivity contribution in [1.29, 1.82) is 0 Å². The topological polar surface area (TPSA) is 99.8 Å². The van der Waals surface area contributed by atoms with E-state index in [1.165, 1.54) is 12.1 Å². The number of carboxylic acids is 1. The predicted molar refractivity (Wildman–Crippen MR) is 82.1 cm³/mol. The molecule has 3 N–H and O–H groups in total. The van der Waals surface area contributed by atoms with Gasteiger partial charge in [0, 0.05) is 18.0 Å². The number of carboxylic acid groups (broad SMARTS) is 1.